The van der Waals surface area contributed by atoms with Gasteiger partial charge in [0, 0.05) is 18.0 Å². The average Bonchev–Trinajstić information content (AvgIpc) is 2.40. The maximum Gasteiger partial charge on any atom is 0.319 e. The van der Waals surface area contributed by atoms with E-state index in [0.29, 0.717) is 22.3 Å². The van der Waals surface area contributed by atoms with Gasteiger partial charge in [0.1, 0.15) is 0 Å². The minimum absolute atomic E-state index is 0.141. The van der Waals surface area contributed by atoms with E-state index in [9.17, 15) is 9.59 Å². The van der Waals surface area contributed by atoms with Crippen LogP contribution in [-0.2, 0) is 14.3 Å². The first-order valence-electron chi connectivity index (χ1n) is 5.92. The van der Waals surface area contributed by atoms with E-state index in [0.717, 1.165) is 0 Å². The third kappa shape index (κ3) is 5.77. The molecule has 0 bridgehead atoms. The number of likely N-dealkylation sites (N-methyl/N-ethyl adjacent to an activating group) is 1. The van der Waals surface area contributed by atoms with Gasteiger partial charge in [0.15, 0.2) is 0 Å². The van der Waals surface area contributed by atoms with E-state index < -0.39 is 0 Å². The molecular weight excluding hydrogens is 303 g/mol. The predicted octanol–water partition coefficient (Wildman–Crippen LogP) is 2.43. The van der Waals surface area contributed by atoms with Crippen molar-refractivity contribution >= 4 is 40.8 Å². The van der Waals surface area contributed by atoms with E-state index in [2.05, 4.69) is 10.1 Å². The SMILES string of the molecule is COC(=O)CN(C)CCC(=O)Nc1cc(Cl)ccc1Cl. The standard InChI is InChI=1S/C13H16Cl2N2O3/c1-17(8-13(19)20-2)6-5-12(18)16-11-7-9(14)3-4-10(11)15/h3-4,7H,5-6,8H2,1-2H3,(H,16,18). The summed E-state index contributed by atoms with van der Waals surface area (Å²) in [5, 5.41) is 3.59. The first kappa shape index (κ1) is 16.8. The Morgan fingerprint density at radius 1 is 1.35 bits per heavy atom. The van der Waals surface area contributed by atoms with E-state index in [-0.39, 0.29) is 24.8 Å². The maximum atomic E-state index is 11.8. The lowest BCUT2D eigenvalue weighted by atomic mass is 10.3. The van der Waals surface area contributed by atoms with Crippen LogP contribution in [0.1, 0.15) is 6.42 Å². The van der Waals surface area contributed by atoms with Gasteiger partial charge in [0.2, 0.25) is 5.91 Å². The fourth-order valence-corrected chi connectivity index (χ4v) is 1.80. The number of hydrogen-bond acceptors (Lipinski definition) is 4. The lowest BCUT2D eigenvalue weighted by molar-refractivity contribution is -0.141. The van der Waals surface area contributed by atoms with Crippen LogP contribution in [0.2, 0.25) is 10.0 Å². The van der Waals surface area contributed by atoms with Crippen molar-refractivity contribution in [1.29, 1.82) is 0 Å². The van der Waals surface area contributed by atoms with Crippen molar-refractivity contribution in [2.45, 2.75) is 6.42 Å². The molecule has 1 amide bonds. The van der Waals surface area contributed by atoms with Crippen molar-refractivity contribution in [2.75, 3.05) is 32.6 Å². The number of amides is 1. The molecule has 0 aliphatic rings. The molecular formula is C13H16Cl2N2O3. The van der Waals surface area contributed by atoms with Gasteiger partial charge in [0.05, 0.1) is 24.4 Å². The molecule has 1 N–H and O–H groups in total. The third-order valence-electron chi connectivity index (χ3n) is 2.55. The van der Waals surface area contributed by atoms with Gasteiger partial charge < -0.3 is 10.1 Å². The number of halogens is 2. The second-order valence-corrected chi connectivity index (χ2v) is 5.08. The molecule has 7 heteroatoms. The van der Waals surface area contributed by atoms with Gasteiger partial charge in [-0.15, -0.1) is 0 Å². The van der Waals surface area contributed by atoms with E-state index in [1.807, 2.05) is 0 Å². The molecule has 0 unspecified atom stereocenters. The Bertz CT molecular complexity index is 495. The highest BCUT2D eigenvalue weighted by Gasteiger charge is 2.10. The number of ether oxygens (including phenoxy) is 1. The largest absolute Gasteiger partial charge is 0.468 e. The summed E-state index contributed by atoms with van der Waals surface area (Å²) in [6.45, 7) is 0.570. The number of carbonyl (C=O) groups excluding carboxylic acids is 2. The quantitative estimate of drug-likeness (QED) is 0.818. The Labute approximate surface area is 127 Å². The molecule has 1 aromatic rings. The molecule has 1 rings (SSSR count). The summed E-state index contributed by atoms with van der Waals surface area (Å²) < 4.78 is 4.54. The highest BCUT2D eigenvalue weighted by molar-refractivity contribution is 6.35. The molecule has 0 spiro atoms. The monoisotopic (exact) mass is 318 g/mol. The zero-order valence-electron chi connectivity index (χ0n) is 11.3. The van der Waals surface area contributed by atoms with Crippen LogP contribution in [0.5, 0.6) is 0 Å². The first-order valence-corrected chi connectivity index (χ1v) is 6.68. The number of esters is 1. The summed E-state index contributed by atoms with van der Waals surface area (Å²) in [5.74, 6) is -0.545. The van der Waals surface area contributed by atoms with Crippen molar-refractivity contribution in [2.24, 2.45) is 0 Å². The van der Waals surface area contributed by atoms with Crippen molar-refractivity contribution in [3.05, 3.63) is 28.2 Å². The Morgan fingerprint density at radius 2 is 2.05 bits per heavy atom. The minimum atomic E-state index is -0.342. The fraction of sp³-hybridized carbons (Fsp3) is 0.385. The van der Waals surface area contributed by atoms with Crippen LogP contribution >= 0.6 is 23.2 Å². The molecule has 0 aromatic heterocycles. The van der Waals surface area contributed by atoms with Crippen LogP contribution < -0.4 is 5.32 Å². The van der Waals surface area contributed by atoms with Crippen molar-refractivity contribution in [3.8, 4) is 0 Å². The molecule has 0 fully saturated rings. The number of hydrogen-bond donors (Lipinski definition) is 1. The first-order chi connectivity index (χ1) is 9.42. The van der Waals surface area contributed by atoms with Crippen molar-refractivity contribution in [3.63, 3.8) is 0 Å². The topological polar surface area (TPSA) is 58.6 Å². The van der Waals surface area contributed by atoms with E-state index in [1.54, 1.807) is 30.1 Å². The average molecular weight is 319 g/mol. The number of carbonyl (C=O) groups is 2. The summed E-state index contributed by atoms with van der Waals surface area (Å²) in [7, 11) is 3.06. The van der Waals surface area contributed by atoms with Gasteiger partial charge in [-0.2, -0.15) is 0 Å². The fourth-order valence-electron chi connectivity index (χ4n) is 1.46. The molecule has 0 saturated heterocycles. The molecule has 0 radical (unpaired) electrons. The molecule has 0 heterocycles. The second-order valence-electron chi connectivity index (χ2n) is 4.24. The third-order valence-corrected chi connectivity index (χ3v) is 3.11. The number of rotatable bonds is 6. The van der Waals surface area contributed by atoms with Gasteiger partial charge in [-0.1, -0.05) is 23.2 Å². The molecule has 0 aliphatic carbocycles. The molecule has 1 aromatic carbocycles. The van der Waals surface area contributed by atoms with Gasteiger partial charge in [-0.25, -0.2) is 0 Å². The Balaban J connectivity index is 2.44. The van der Waals surface area contributed by atoms with E-state index >= 15 is 0 Å². The van der Waals surface area contributed by atoms with Gasteiger partial charge in [-0.05, 0) is 25.2 Å². The highest BCUT2D eigenvalue weighted by atomic mass is 35.5. The normalized spacial score (nSPS) is 10.4. The summed E-state index contributed by atoms with van der Waals surface area (Å²) >= 11 is 11.8. The molecule has 0 saturated carbocycles. The smallest absolute Gasteiger partial charge is 0.319 e. The molecule has 0 aliphatic heterocycles. The van der Waals surface area contributed by atoms with Crippen LogP contribution in [0, 0.1) is 0 Å². The number of nitrogens with one attached hydrogen (secondary N) is 1. The number of anilines is 1. The van der Waals surface area contributed by atoms with Gasteiger partial charge in [-0.3, -0.25) is 14.5 Å². The van der Waals surface area contributed by atoms with Crippen LogP contribution in [0.15, 0.2) is 18.2 Å². The number of nitrogens with zero attached hydrogens (tertiary/aromatic N) is 1. The summed E-state index contributed by atoms with van der Waals surface area (Å²) in [4.78, 5) is 24.5. The summed E-state index contributed by atoms with van der Waals surface area (Å²) in [6, 6.07) is 4.84. The maximum absolute atomic E-state index is 11.8. The highest BCUT2D eigenvalue weighted by Crippen LogP contribution is 2.25. The molecule has 5 nitrogen and oxygen atoms in total. The minimum Gasteiger partial charge on any atom is -0.468 e. The van der Waals surface area contributed by atoms with Crippen LogP contribution in [0.3, 0.4) is 0 Å². The summed E-state index contributed by atoms with van der Waals surface area (Å²) in [5.41, 5.74) is 0.472. The molecule has 110 valence electrons. The van der Waals surface area contributed by atoms with E-state index in [1.165, 1.54) is 7.11 Å². The van der Waals surface area contributed by atoms with Crippen molar-refractivity contribution in [1.82, 2.24) is 4.90 Å². The molecule has 20 heavy (non-hydrogen) atoms. The van der Waals surface area contributed by atoms with Crippen molar-refractivity contribution < 1.29 is 14.3 Å². The van der Waals surface area contributed by atoms with Crippen LogP contribution in [-0.4, -0.2) is 44.0 Å². The molecule has 0 atom stereocenters. The van der Waals surface area contributed by atoms with Crippen LogP contribution in [0.25, 0.3) is 0 Å². The number of benzene rings is 1. The predicted molar refractivity (Wildman–Crippen MR) is 79.2 cm³/mol. The zero-order chi connectivity index (χ0) is 15.1. The Morgan fingerprint density at radius 3 is 2.70 bits per heavy atom. The van der Waals surface area contributed by atoms with E-state index in [4.69, 9.17) is 23.2 Å². The van der Waals surface area contributed by atoms with Gasteiger partial charge in [0.25, 0.3) is 0 Å². The lowest BCUT2D eigenvalue weighted by Crippen LogP contribution is -2.30. The number of methoxy groups -OCH3 is 1. The Hall–Kier alpha value is -1.30. The lowest BCUT2D eigenvalue weighted by Gasteiger charge is -2.14. The van der Waals surface area contributed by atoms with Crippen LogP contribution in [0.4, 0.5) is 5.69 Å². The zero-order valence-corrected chi connectivity index (χ0v) is 12.8. The second kappa shape index (κ2) is 8.09. The summed E-state index contributed by atoms with van der Waals surface area (Å²) in [6.07, 6.45) is 0.232. The van der Waals surface area contributed by atoms with Gasteiger partial charge >= 0.3 is 5.97 Å². The Kier molecular flexibility index (Phi) is 6.78.